The number of rotatable bonds is 7. The SMILES string of the molecule is CC(=O)OC[C@H](C=Cc1ccc2c(c1N)C(=O)CC(C)(C)O2)NC(=O)OCc1ccccc1. The van der Waals surface area contributed by atoms with Crippen molar-refractivity contribution in [3.8, 4) is 5.75 Å². The van der Waals surface area contributed by atoms with Crippen LogP contribution >= 0.6 is 0 Å². The van der Waals surface area contributed by atoms with E-state index in [0.717, 1.165) is 5.56 Å². The van der Waals surface area contributed by atoms with Gasteiger partial charge in [-0.3, -0.25) is 9.59 Å². The van der Waals surface area contributed by atoms with E-state index in [1.807, 2.05) is 44.2 Å². The van der Waals surface area contributed by atoms with E-state index in [4.69, 9.17) is 19.9 Å². The minimum absolute atomic E-state index is 0.0897. The molecule has 0 fully saturated rings. The van der Waals surface area contributed by atoms with Gasteiger partial charge in [0.25, 0.3) is 0 Å². The number of hydrogen-bond acceptors (Lipinski definition) is 7. The van der Waals surface area contributed by atoms with Crippen molar-refractivity contribution in [3.05, 3.63) is 65.2 Å². The average Bonchev–Trinajstić information content (AvgIpc) is 2.74. The largest absolute Gasteiger partial charge is 0.487 e. The van der Waals surface area contributed by atoms with Crippen LogP contribution < -0.4 is 15.8 Å². The minimum Gasteiger partial charge on any atom is -0.487 e. The topological polar surface area (TPSA) is 117 Å². The van der Waals surface area contributed by atoms with Gasteiger partial charge in [-0.05, 0) is 37.1 Å². The third-order valence-corrected chi connectivity index (χ3v) is 4.98. The second kappa shape index (κ2) is 10.2. The van der Waals surface area contributed by atoms with Gasteiger partial charge in [-0.25, -0.2) is 4.79 Å². The number of alkyl carbamates (subject to hydrolysis) is 1. The Morgan fingerprint density at radius 3 is 2.61 bits per heavy atom. The van der Waals surface area contributed by atoms with Gasteiger partial charge >= 0.3 is 12.1 Å². The molecule has 0 aliphatic carbocycles. The Hall–Kier alpha value is -3.81. The summed E-state index contributed by atoms with van der Waals surface area (Å²) in [5.41, 5.74) is 7.73. The molecule has 1 aliphatic rings. The molecular weight excluding hydrogens is 424 g/mol. The standard InChI is InChI=1S/C25H28N2O6/c1-16(28)31-15-19(27-24(30)32-14-17-7-5-4-6-8-17)11-9-18-10-12-21-22(23(18)26)20(29)13-25(2,3)33-21/h4-12,19H,13-15,26H2,1-3H3,(H,27,30)/t19-/m0/s1. The van der Waals surface area contributed by atoms with Gasteiger partial charge in [0.15, 0.2) is 5.78 Å². The highest BCUT2D eigenvalue weighted by Gasteiger charge is 2.34. The number of amides is 1. The smallest absolute Gasteiger partial charge is 0.408 e. The molecule has 0 radical (unpaired) electrons. The number of benzene rings is 2. The van der Waals surface area contributed by atoms with E-state index in [2.05, 4.69) is 5.32 Å². The first-order valence-electron chi connectivity index (χ1n) is 10.6. The zero-order valence-corrected chi connectivity index (χ0v) is 18.9. The van der Waals surface area contributed by atoms with Crippen molar-refractivity contribution in [2.45, 2.75) is 45.4 Å². The van der Waals surface area contributed by atoms with E-state index in [0.29, 0.717) is 22.6 Å². The lowest BCUT2D eigenvalue weighted by molar-refractivity contribution is -0.141. The van der Waals surface area contributed by atoms with Crippen molar-refractivity contribution in [1.82, 2.24) is 5.32 Å². The first-order valence-corrected chi connectivity index (χ1v) is 10.6. The maximum atomic E-state index is 12.6. The summed E-state index contributed by atoms with van der Waals surface area (Å²) in [6, 6.07) is 12.0. The molecule has 1 amide bonds. The van der Waals surface area contributed by atoms with Crippen molar-refractivity contribution in [2.75, 3.05) is 12.3 Å². The molecule has 2 aromatic carbocycles. The van der Waals surface area contributed by atoms with Crippen LogP contribution in [0.3, 0.4) is 0 Å². The molecule has 8 heteroatoms. The Kier molecular flexibility index (Phi) is 7.37. The molecule has 1 heterocycles. The highest BCUT2D eigenvalue weighted by Crippen LogP contribution is 2.38. The van der Waals surface area contributed by atoms with Crippen molar-refractivity contribution in [1.29, 1.82) is 0 Å². The number of ether oxygens (including phenoxy) is 3. The molecule has 0 aromatic heterocycles. The number of esters is 1. The third kappa shape index (κ3) is 6.58. The van der Waals surface area contributed by atoms with Crippen LogP contribution in [0.1, 0.15) is 48.7 Å². The molecule has 8 nitrogen and oxygen atoms in total. The van der Waals surface area contributed by atoms with E-state index in [-0.39, 0.29) is 25.4 Å². The highest BCUT2D eigenvalue weighted by atomic mass is 16.6. The Balaban J connectivity index is 1.72. The zero-order valence-electron chi connectivity index (χ0n) is 18.9. The molecule has 3 N–H and O–H groups in total. The fourth-order valence-corrected chi connectivity index (χ4v) is 3.43. The third-order valence-electron chi connectivity index (χ3n) is 4.98. The van der Waals surface area contributed by atoms with Gasteiger partial charge in [-0.15, -0.1) is 0 Å². The average molecular weight is 453 g/mol. The molecule has 3 rings (SSSR count). The Morgan fingerprint density at radius 2 is 1.91 bits per heavy atom. The van der Waals surface area contributed by atoms with Crippen LogP contribution in [0.4, 0.5) is 10.5 Å². The number of fused-ring (bicyclic) bond motifs is 1. The normalized spacial score (nSPS) is 15.3. The van der Waals surface area contributed by atoms with Crippen molar-refractivity contribution in [2.24, 2.45) is 0 Å². The first kappa shape index (κ1) is 23.8. The lowest BCUT2D eigenvalue weighted by Crippen LogP contribution is -2.37. The van der Waals surface area contributed by atoms with Gasteiger partial charge in [0.2, 0.25) is 0 Å². The van der Waals surface area contributed by atoms with Crippen molar-refractivity contribution < 1.29 is 28.6 Å². The predicted molar refractivity (Wildman–Crippen MR) is 124 cm³/mol. The van der Waals surface area contributed by atoms with Crippen LogP contribution in [0.5, 0.6) is 5.75 Å². The quantitative estimate of drug-likeness (QED) is 0.483. The lowest BCUT2D eigenvalue weighted by Gasteiger charge is -2.32. The molecule has 0 bridgehead atoms. The summed E-state index contributed by atoms with van der Waals surface area (Å²) in [7, 11) is 0. The van der Waals surface area contributed by atoms with E-state index >= 15 is 0 Å². The van der Waals surface area contributed by atoms with Crippen molar-refractivity contribution >= 4 is 29.6 Å². The van der Waals surface area contributed by atoms with Crippen LogP contribution in [-0.2, 0) is 20.9 Å². The van der Waals surface area contributed by atoms with E-state index in [1.165, 1.54) is 6.92 Å². The lowest BCUT2D eigenvalue weighted by atomic mass is 9.90. The summed E-state index contributed by atoms with van der Waals surface area (Å²) >= 11 is 0. The fourth-order valence-electron chi connectivity index (χ4n) is 3.43. The van der Waals surface area contributed by atoms with Gasteiger partial charge in [-0.1, -0.05) is 42.5 Å². The van der Waals surface area contributed by atoms with Crippen LogP contribution in [-0.4, -0.2) is 36.1 Å². The molecule has 0 unspecified atom stereocenters. The highest BCUT2D eigenvalue weighted by molar-refractivity contribution is 6.06. The number of Topliss-reactive ketones (excluding diaryl/α,β-unsaturated/α-hetero) is 1. The van der Waals surface area contributed by atoms with E-state index in [9.17, 15) is 14.4 Å². The molecule has 0 saturated carbocycles. The van der Waals surface area contributed by atoms with Gasteiger partial charge in [0, 0.05) is 6.92 Å². The summed E-state index contributed by atoms with van der Waals surface area (Å²) in [6.07, 6.45) is 2.85. The van der Waals surface area contributed by atoms with E-state index in [1.54, 1.807) is 24.3 Å². The molecule has 0 spiro atoms. The van der Waals surface area contributed by atoms with E-state index < -0.39 is 23.7 Å². The number of nitrogens with one attached hydrogen (secondary N) is 1. The number of ketones is 1. The predicted octanol–water partition coefficient (Wildman–Crippen LogP) is 3.88. The maximum Gasteiger partial charge on any atom is 0.408 e. The Labute approximate surface area is 192 Å². The fraction of sp³-hybridized carbons (Fsp3) is 0.320. The molecule has 1 atom stereocenters. The van der Waals surface area contributed by atoms with Crippen LogP contribution in [0, 0.1) is 0 Å². The monoisotopic (exact) mass is 452 g/mol. The van der Waals surface area contributed by atoms with Gasteiger partial charge in [0.1, 0.15) is 24.6 Å². The molecule has 33 heavy (non-hydrogen) atoms. The van der Waals surface area contributed by atoms with Crippen molar-refractivity contribution in [3.63, 3.8) is 0 Å². The second-order valence-electron chi connectivity index (χ2n) is 8.38. The summed E-state index contributed by atoms with van der Waals surface area (Å²) in [6.45, 7) is 4.99. The van der Waals surface area contributed by atoms with Crippen LogP contribution in [0.25, 0.3) is 6.08 Å². The van der Waals surface area contributed by atoms with Gasteiger partial charge in [0.05, 0.1) is 23.7 Å². The Bertz CT molecular complexity index is 1060. The number of anilines is 1. The molecule has 2 aromatic rings. The number of carbonyl (C=O) groups excluding carboxylic acids is 3. The number of hydrogen-bond donors (Lipinski definition) is 2. The first-order chi connectivity index (χ1) is 15.6. The summed E-state index contributed by atoms with van der Waals surface area (Å²) in [5.74, 6) is -0.121. The molecule has 1 aliphatic heterocycles. The number of nitrogen functional groups attached to an aromatic ring is 1. The second-order valence-corrected chi connectivity index (χ2v) is 8.38. The van der Waals surface area contributed by atoms with Crippen LogP contribution in [0.2, 0.25) is 0 Å². The molecular formula is C25H28N2O6. The number of nitrogens with two attached hydrogens (primary N) is 1. The Morgan fingerprint density at radius 1 is 1.18 bits per heavy atom. The summed E-state index contributed by atoms with van der Waals surface area (Å²) in [4.78, 5) is 36.1. The molecule has 0 saturated heterocycles. The minimum atomic E-state index is -0.668. The van der Waals surface area contributed by atoms with Gasteiger partial charge < -0.3 is 25.3 Å². The molecule has 174 valence electrons. The summed E-state index contributed by atoms with van der Waals surface area (Å²) in [5, 5.41) is 2.66. The van der Waals surface area contributed by atoms with Gasteiger partial charge in [-0.2, -0.15) is 0 Å². The summed E-state index contributed by atoms with van der Waals surface area (Å²) < 4.78 is 16.2. The number of carbonyl (C=O) groups is 3. The zero-order chi connectivity index (χ0) is 24.0. The maximum absolute atomic E-state index is 12.6. The van der Waals surface area contributed by atoms with Crippen LogP contribution in [0.15, 0.2) is 48.5 Å².